The first-order valence-corrected chi connectivity index (χ1v) is 8.11. The van der Waals surface area contributed by atoms with E-state index in [4.69, 9.17) is 11.6 Å². The van der Waals surface area contributed by atoms with Crippen LogP contribution in [0.1, 0.15) is 37.8 Å². The number of rotatable bonds is 4. The zero-order chi connectivity index (χ0) is 15.0. The van der Waals surface area contributed by atoms with Gasteiger partial charge in [-0.05, 0) is 39.7 Å². The number of piperidine rings is 1. The van der Waals surface area contributed by atoms with Gasteiger partial charge >= 0.3 is 0 Å². The van der Waals surface area contributed by atoms with E-state index in [0.29, 0.717) is 36.1 Å². The van der Waals surface area contributed by atoms with Crippen LogP contribution in [0.3, 0.4) is 0 Å². The second kappa shape index (κ2) is 5.97. The third-order valence-corrected chi connectivity index (χ3v) is 5.29. The molecular formula is C15H23ClN4O. The molecule has 116 valence electrons. The first kappa shape index (κ1) is 14.9. The average Bonchev–Trinajstić information content (AvgIpc) is 2.84. The topological polar surface area (TPSA) is 50.2 Å². The second-order valence-corrected chi connectivity index (χ2v) is 6.77. The van der Waals surface area contributed by atoms with Crippen molar-refractivity contribution in [3.63, 3.8) is 0 Å². The van der Waals surface area contributed by atoms with Gasteiger partial charge in [0, 0.05) is 37.3 Å². The van der Waals surface area contributed by atoms with Crippen molar-refractivity contribution in [1.29, 1.82) is 0 Å². The SMILES string of the molecule is Cc1nn(CCC(=O)NC2CC3CCC(C2)N3C)cc1Cl. The van der Waals surface area contributed by atoms with E-state index < -0.39 is 0 Å². The van der Waals surface area contributed by atoms with Crippen LogP contribution in [0.25, 0.3) is 0 Å². The summed E-state index contributed by atoms with van der Waals surface area (Å²) >= 11 is 5.96. The smallest absolute Gasteiger partial charge is 0.222 e. The first-order chi connectivity index (χ1) is 10.0. The van der Waals surface area contributed by atoms with Crippen LogP contribution in [0.4, 0.5) is 0 Å². The van der Waals surface area contributed by atoms with Crippen molar-refractivity contribution < 1.29 is 4.79 Å². The summed E-state index contributed by atoms with van der Waals surface area (Å²) < 4.78 is 1.75. The Morgan fingerprint density at radius 2 is 2.10 bits per heavy atom. The van der Waals surface area contributed by atoms with Gasteiger partial charge in [0.2, 0.25) is 5.91 Å². The van der Waals surface area contributed by atoms with Gasteiger partial charge in [-0.15, -0.1) is 0 Å². The number of hydrogen-bond acceptors (Lipinski definition) is 3. The van der Waals surface area contributed by atoms with Crippen LogP contribution in [0, 0.1) is 6.92 Å². The van der Waals surface area contributed by atoms with Crippen molar-refractivity contribution >= 4 is 17.5 Å². The molecule has 1 amide bonds. The molecule has 0 radical (unpaired) electrons. The van der Waals surface area contributed by atoms with Crippen LogP contribution in [-0.4, -0.2) is 45.8 Å². The van der Waals surface area contributed by atoms with Crippen molar-refractivity contribution in [3.8, 4) is 0 Å². The number of amides is 1. The predicted molar refractivity (Wildman–Crippen MR) is 82.3 cm³/mol. The number of nitrogens with zero attached hydrogens (tertiary/aromatic N) is 3. The molecule has 2 aliphatic heterocycles. The van der Waals surface area contributed by atoms with E-state index in [2.05, 4.69) is 22.4 Å². The van der Waals surface area contributed by atoms with Gasteiger partial charge < -0.3 is 10.2 Å². The third kappa shape index (κ3) is 3.24. The number of nitrogens with one attached hydrogen (secondary N) is 1. The van der Waals surface area contributed by atoms with Gasteiger partial charge in [0.15, 0.2) is 0 Å². The van der Waals surface area contributed by atoms with Crippen molar-refractivity contribution in [2.24, 2.45) is 0 Å². The fourth-order valence-electron chi connectivity index (χ4n) is 3.65. The normalized spacial score (nSPS) is 28.8. The number of hydrogen-bond donors (Lipinski definition) is 1. The van der Waals surface area contributed by atoms with E-state index >= 15 is 0 Å². The predicted octanol–water partition coefficient (Wildman–Crippen LogP) is 1.98. The van der Waals surface area contributed by atoms with Crippen LogP contribution in [0.5, 0.6) is 0 Å². The number of fused-ring (bicyclic) bond motifs is 2. The molecule has 0 aliphatic carbocycles. The summed E-state index contributed by atoms with van der Waals surface area (Å²) in [4.78, 5) is 14.6. The Hall–Kier alpha value is -1.07. The summed E-state index contributed by atoms with van der Waals surface area (Å²) in [7, 11) is 2.21. The Morgan fingerprint density at radius 1 is 1.43 bits per heavy atom. The maximum atomic E-state index is 12.1. The van der Waals surface area contributed by atoms with Gasteiger partial charge in [-0.1, -0.05) is 11.6 Å². The van der Waals surface area contributed by atoms with Crippen LogP contribution in [0.15, 0.2) is 6.20 Å². The number of halogens is 1. The number of carbonyl (C=O) groups is 1. The molecule has 1 N–H and O–H groups in total. The van der Waals surface area contributed by atoms with Crippen molar-refractivity contribution in [3.05, 3.63) is 16.9 Å². The molecule has 3 rings (SSSR count). The Kier molecular flexibility index (Phi) is 4.22. The molecule has 0 saturated carbocycles. The monoisotopic (exact) mass is 310 g/mol. The highest BCUT2D eigenvalue weighted by molar-refractivity contribution is 6.31. The zero-order valence-electron chi connectivity index (χ0n) is 12.7. The number of aryl methyl sites for hydroxylation is 2. The van der Waals surface area contributed by atoms with Crippen LogP contribution in [0.2, 0.25) is 5.02 Å². The fourth-order valence-corrected chi connectivity index (χ4v) is 3.80. The van der Waals surface area contributed by atoms with E-state index in [0.717, 1.165) is 18.5 Å². The molecule has 2 fully saturated rings. The molecule has 2 atom stereocenters. The second-order valence-electron chi connectivity index (χ2n) is 6.36. The van der Waals surface area contributed by atoms with Crippen LogP contribution >= 0.6 is 11.6 Å². The minimum absolute atomic E-state index is 0.119. The Morgan fingerprint density at radius 3 is 2.67 bits per heavy atom. The molecule has 2 saturated heterocycles. The van der Waals surface area contributed by atoms with Crippen LogP contribution in [-0.2, 0) is 11.3 Å². The maximum absolute atomic E-state index is 12.1. The van der Waals surface area contributed by atoms with E-state index in [1.807, 2.05) is 6.92 Å². The zero-order valence-corrected chi connectivity index (χ0v) is 13.4. The van der Waals surface area contributed by atoms with Crippen molar-refractivity contribution in [1.82, 2.24) is 20.0 Å². The Balaban J connectivity index is 1.46. The first-order valence-electron chi connectivity index (χ1n) is 7.74. The molecule has 1 aromatic heterocycles. The molecular weight excluding hydrogens is 288 g/mol. The van der Waals surface area contributed by atoms with Gasteiger partial charge in [0.05, 0.1) is 10.7 Å². The lowest BCUT2D eigenvalue weighted by Crippen LogP contribution is -2.48. The van der Waals surface area contributed by atoms with Gasteiger partial charge in [-0.3, -0.25) is 9.48 Å². The summed E-state index contributed by atoms with van der Waals surface area (Å²) in [6, 6.07) is 1.65. The highest BCUT2D eigenvalue weighted by atomic mass is 35.5. The summed E-state index contributed by atoms with van der Waals surface area (Å²) in [5.74, 6) is 0.119. The van der Waals surface area contributed by atoms with E-state index in [-0.39, 0.29) is 5.91 Å². The fraction of sp³-hybridized carbons (Fsp3) is 0.733. The number of aromatic nitrogens is 2. The lowest BCUT2D eigenvalue weighted by atomic mass is 9.98. The lowest BCUT2D eigenvalue weighted by Gasteiger charge is -2.36. The maximum Gasteiger partial charge on any atom is 0.222 e. The molecule has 5 nitrogen and oxygen atoms in total. The lowest BCUT2D eigenvalue weighted by molar-refractivity contribution is -0.122. The van der Waals surface area contributed by atoms with E-state index in [9.17, 15) is 4.79 Å². The standard InChI is InChI=1S/C15H23ClN4O/c1-10-14(16)9-20(18-10)6-5-15(21)17-11-7-12-3-4-13(8-11)19(12)2/h9,11-13H,3-8H2,1-2H3,(H,17,21). The van der Waals surface area contributed by atoms with E-state index in [1.54, 1.807) is 10.9 Å². The summed E-state index contributed by atoms with van der Waals surface area (Å²) in [6.45, 7) is 2.45. The molecule has 2 aliphatic rings. The van der Waals surface area contributed by atoms with Crippen molar-refractivity contribution in [2.45, 2.75) is 63.7 Å². The molecule has 1 aromatic rings. The quantitative estimate of drug-likeness (QED) is 0.925. The Labute approximate surface area is 130 Å². The molecule has 2 bridgehead atoms. The van der Waals surface area contributed by atoms with Crippen molar-refractivity contribution in [2.75, 3.05) is 7.05 Å². The molecule has 6 heteroatoms. The average molecular weight is 311 g/mol. The minimum Gasteiger partial charge on any atom is -0.353 e. The highest BCUT2D eigenvalue weighted by Crippen LogP contribution is 2.34. The third-order valence-electron chi connectivity index (χ3n) is 4.92. The molecule has 2 unspecified atom stereocenters. The van der Waals surface area contributed by atoms with Gasteiger partial charge in [0.25, 0.3) is 0 Å². The minimum atomic E-state index is 0.119. The Bertz CT molecular complexity index is 496. The molecule has 3 heterocycles. The summed E-state index contributed by atoms with van der Waals surface area (Å²) in [5.41, 5.74) is 0.809. The summed E-state index contributed by atoms with van der Waals surface area (Å²) in [5, 5.41) is 8.12. The van der Waals surface area contributed by atoms with Gasteiger partial charge in [-0.2, -0.15) is 5.10 Å². The van der Waals surface area contributed by atoms with Gasteiger partial charge in [0.1, 0.15) is 0 Å². The number of carbonyl (C=O) groups excluding carboxylic acids is 1. The molecule has 0 aromatic carbocycles. The highest BCUT2D eigenvalue weighted by Gasteiger charge is 2.38. The van der Waals surface area contributed by atoms with Crippen LogP contribution < -0.4 is 5.32 Å². The molecule has 0 spiro atoms. The van der Waals surface area contributed by atoms with E-state index in [1.165, 1.54) is 12.8 Å². The molecule has 21 heavy (non-hydrogen) atoms. The van der Waals surface area contributed by atoms with Gasteiger partial charge in [-0.25, -0.2) is 0 Å². The largest absolute Gasteiger partial charge is 0.353 e. The summed E-state index contributed by atoms with van der Waals surface area (Å²) in [6.07, 6.45) is 6.97.